The second kappa shape index (κ2) is 7.40. The van der Waals surface area contributed by atoms with Crippen LogP contribution in [0.2, 0.25) is 0 Å². The zero-order chi connectivity index (χ0) is 20.5. The van der Waals surface area contributed by atoms with E-state index >= 15 is 0 Å². The van der Waals surface area contributed by atoms with Gasteiger partial charge in [0.25, 0.3) is 0 Å². The van der Waals surface area contributed by atoms with Gasteiger partial charge in [-0.25, -0.2) is 14.4 Å². The molecule has 0 radical (unpaired) electrons. The minimum atomic E-state index is -0.291. The highest BCUT2D eigenvalue weighted by Gasteiger charge is 2.18. The SMILES string of the molecule is COc1ccc(-c2ccccc2F)cc1Nc1ncnc2n[nH]c(C3=NCC=C3)c12. The second-order valence-electron chi connectivity index (χ2n) is 6.67. The second-order valence-corrected chi connectivity index (χ2v) is 6.67. The zero-order valence-electron chi connectivity index (χ0n) is 16.1. The maximum Gasteiger partial charge on any atom is 0.186 e. The number of hydrogen-bond donors (Lipinski definition) is 2. The third-order valence-corrected chi connectivity index (χ3v) is 4.89. The molecule has 8 heteroatoms. The summed E-state index contributed by atoms with van der Waals surface area (Å²) >= 11 is 0. The summed E-state index contributed by atoms with van der Waals surface area (Å²) in [6, 6.07) is 12.1. The average molecular weight is 400 g/mol. The van der Waals surface area contributed by atoms with Crippen LogP contribution in [0.4, 0.5) is 15.9 Å². The summed E-state index contributed by atoms with van der Waals surface area (Å²) in [5.41, 5.74) is 3.93. The molecule has 1 aliphatic rings. The fraction of sp³-hybridized carbons (Fsp3) is 0.0909. The van der Waals surface area contributed by atoms with Crippen molar-refractivity contribution in [3.8, 4) is 16.9 Å². The molecule has 2 aromatic carbocycles. The molecule has 0 amide bonds. The van der Waals surface area contributed by atoms with Crippen molar-refractivity contribution in [3.05, 3.63) is 72.5 Å². The number of benzene rings is 2. The molecular weight excluding hydrogens is 383 g/mol. The molecule has 7 nitrogen and oxygen atoms in total. The molecule has 0 unspecified atom stereocenters. The van der Waals surface area contributed by atoms with Crippen LogP contribution < -0.4 is 10.1 Å². The molecule has 30 heavy (non-hydrogen) atoms. The van der Waals surface area contributed by atoms with E-state index in [1.165, 1.54) is 12.4 Å². The first-order chi connectivity index (χ1) is 14.7. The minimum absolute atomic E-state index is 0.291. The summed E-state index contributed by atoms with van der Waals surface area (Å²) in [4.78, 5) is 13.1. The minimum Gasteiger partial charge on any atom is -0.495 e. The van der Waals surface area contributed by atoms with E-state index in [9.17, 15) is 4.39 Å². The number of aromatic nitrogens is 4. The average Bonchev–Trinajstić information content (AvgIpc) is 3.44. The number of methoxy groups -OCH3 is 1. The molecule has 0 aliphatic carbocycles. The van der Waals surface area contributed by atoms with Crippen molar-refractivity contribution in [3.63, 3.8) is 0 Å². The highest BCUT2D eigenvalue weighted by Crippen LogP contribution is 2.35. The molecule has 2 N–H and O–H groups in total. The van der Waals surface area contributed by atoms with Crippen molar-refractivity contribution in [1.29, 1.82) is 0 Å². The van der Waals surface area contributed by atoms with E-state index in [1.807, 2.05) is 24.3 Å². The summed E-state index contributed by atoms with van der Waals surface area (Å²) in [6.07, 6.45) is 5.34. The Morgan fingerprint density at radius 1 is 1.13 bits per heavy atom. The number of ether oxygens (including phenoxy) is 1. The smallest absolute Gasteiger partial charge is 0.186 e. The maximum atomic E-state index is 14.3. The number of anilines is 2. The Balaban J connectivity index is 1.61. The number of aromatic amines is 1. The van der Waals surface area contributed by atoms with Crippen molar-refractivity contribution in [2.45, 2.75) is 0 Å². The van der Waals surface area contributed by atoms with Gasteiger partial charge in [0.05, 0.1) is 36.1 Å². The molecular formula is C22H17FN6O. The number of rotatable bonds is 5. The van der Waals surface area contributed by atoms with Crippen LogP contribution in [-0.4, -0.2) is 39.5 Å². The van der Waals surface area contributed by atoms with Crippen molar-refractivity contribution in [2.24, 2.45) is 4.99 Å². The van der Waals surface area contributed by atoms with Crippen LogP contribution >= 0.6 is 0 Å². The largest absolute Gasteiger partial charge is 0.495 e. The van der Waals surface area contributed by atoms with Crippen LogP contribution in [0, 0.1) is 5.82 Å². The first-order valence-corrected chi connectivity index (χ1v) is 9.35. The van der Waals surface area contributed by atoms with E-state index in [0.29, 0.717) is 35.0 Å². The lowest BCUT2D eigenvalue weighted by molar-refractivity contribution is 0.417. The Bertz CT molecular complexity index is 1310. The topological polar surface area (TPSA) is 88.1 Å². The van der Waals surface area contributed by atoms with E-state index < -0.39 is 0 Å². The van der Waals surface area contributed by atoms with Crippen molar-refractivity contribution < 1.29 is 9.13 Å². The Hall–Kier alpha value is -4.07. The van der Waals surface area contributed by atoms with Crippen LogP contribution in [0.15, 0.2) is 65.9 Å². The molecule has 1 aliphatic heterocycles. The van der Waals surface area contributed by atoms with E-state index in [0.717, 1.165) is 22.4 Å². The quantitative estimate of drug-likeness (QED) is 0.522. The van der Waals surface area contributed by atoms with Crippen LogP contribution in [0.1, 0.15) is 5.69 Å². The molecule has 0 fully saturated rings. The predicted molar refractivity (Wildman–Crippen MR) is 114 cm³/mol. The van der Waals surface area contributed by atoms with Gasteiger partial charge in [0.2, 0.25) is 0 Å². The molecule has 0 saturated carbocycles. The highest BCUT2D eigenvalue weighted by atomic mass is 19.1. The number of nitrogens with zero attached hydrogens (tertiary/aromatic N) is 4. The van der Waals surface area contributed by atoms with Gasteiger partial charge >= 0.3 is 0 Å². The molecule has 5 rings (SSSR count). The molecule has 3 heterocycles. The molecule has 2 aromatic heterocycles. The Morgan fingerprint density at radius 3 is 2.83 bits per heavy atom. The lowest BCUT2D eigenvalue weighted by atomic mass is 10.0. The normalized spacial score (nSPS) is 12.9. The van der Waals surface area contributed by atoms with Gasteiger partial charge < -0.3 is 10.1 Å². The number of nitrogens with one attached hydrogen (secondary N) is 2. The van der Waals surface area contributed by atoms with Crippen LogP contribution in [0.25, 0.3) is 22.2 Å². The zero-order valence-corrected chi connectivity index (χ0v) is 16.1. The Kier molecular flexibility index (Phi) is 4.44. The van der Waals surface area contributed by atoms with Gasteiger partial charge in [-0.3, -0.25) is 10.1 Å². The van der Waals surface area contributed by atoms with Gasteiger partial charge in [-0.1, -0.05) is 30.3 Å². The fourth-order valence-electron chi connectivity index (χ4n) is 3.46. The lowest BCUT2D eigenvalue weighted by Crippen LogP contribution is -2.02. The van der Waals surface area contributed by atoms with Crippen LogP contribution in [0.5, 0.6) is 5.75 Å². The van der Waals surface area contributed by atoms with Crippen molar-refractivity contribution in [1.82, 2.24) is 20.2 Å². The summed E-state index contributed by atoms with van der Waals surface area (Å²) < 4.78 is 19.8. The number of aliphatic imine (C=N–C) groups is 1. The van der Waals surface area contributed by atoms with E-state index in [1.54, 1.807) is 31.4 Å². The van der Waals surface area contributed by atoms with Crippen LogP contribution in [0.3, 0.4) is 0 Å². The monoisotopic (exact) mass is 400 g/mol. The first kappa shape index (κ1) is 18.0. The summed E-state index contributed by atoms with van der Waals surface area (Å²) in [7, 11) is 1.58. The fourth-order valence-corrected chi connectivity index (χ4v) is 3.46. The Labute approximate surface area is 171 Å². The Morgan fingerprint density at radius 2 is 2.03 bits per heavy atom. The van der Waals surface area contributed by atoms with E-state index in [4.69, 9.17) is 4.74 Å². The molecule has 148 valence electrons. The van der Waals surface area contributed by atoms with Gasteiger partial charge in [-0.2, -0.15) is 5.10 Å². The molecule has 0 bridgehead atoms. The summed E-state index contributed by atoms with van der Waals surface area (Å²) in [6.45, 7) is 0.630. The molecule has 0 atom stereocenters. The first-order valence-electron chi connectivity index (χ1n) is 9.35. The van der Waals surface area contributed by atoms with E-state index in [2.05, 4.69) is 30.5 Å². The van der Waals surface area contributed by atoms with Gasteiger partial charge in [-0.15, -0.1) is 0 Å². The van der Waals surface area contributed by atoms with E-state index in [-0.39, 0.29) is 5.82 Å². The van der Waals surface area contributed by atoms with Gasteiger partial charge in [0, 0.05) is 5.56 Å². The molecule has 4 aromatic rings. The van der Waals surface area contributed by atoms with Crippen LogP contribution in [-0.2, 0) is 0 Å². The van der Waals surface area contributed by atoms with Gasteiger partial charge in [0.1, 0.15) is 23.7 Å². The number of fused-ring (bicyclic) bond motifs is 1. The third-order valence-electron chi connectivity index (χ3n) is 4.89. The number of hydrogen-bond acceptors (Lipinski definition) is 6. The maximum absolute atomic E-state index is 14.3. The van der Waals surface area contributed by atoms with Crippen molar-refractivity contribution >= 4 is 28.3 Å². The molecule has 0 saturated heterocycles. The van der Waals surface area contributed by atoms with Gasteiger partial charge in [0.15, 0.2) is 5.65 Å². The lowest BCUT2D eigenvalue weighted by Gasteiger charge is -2.14. The predicted octanol–water partition coefficient (Wildman–Crippen LogP) is 4.27. The number of halogens is 1. The third kappa shape index (κ3) is 3.08. The van der Waals surface area contributed by atoms with Gasteiger partial charge in [-0.05, 0) is 29.8 Å². The standard InChI is InChI=1S/C22H17FN6O/c1-30-18-9-8-13(14-5-2-3-6-15(14)23)11-17(18)27-21-19-20(16-7-4-10-24-16)28-29-22(19)26-12-25-21/h2-9,11-12H,10H2,1H3,(H2,25,26,27,28,29). The number of allylic oxidation sites excluding steroid dienone is 1. The summed E-state index contributed by atoms with van der Waals surface area (Å²) in [5, 5.41) is 11.3. The van der Waals surface area contributed by atoms with Crippen molar-refractivity contribution in [2.75, 3.05) is 19.0 Å². The highest BCUT2D eigenvalue weighted by molar-refractivity contribution is 6.17. The molecule has 0 spiro atoms. The summed E-state index contributed by atoms with van der Waals surface area (Å²) in [5.74, 6) is 0.863. The number of H-pyrrole nitrogens is 1.